The van der Waals surface area contributed by atoms with E-state index in [1.165, 1.54) is 0 Å². The van der Waals surface area contributed by atoms with Crippen LogP contribution in [0, 0.1) is 17.8 Å². The minimum absolute atomic E-state index is 0.0399. The summed E-state index contributed by atoms with van der Waals surface area (Å²) in [7, 11) is 0. The number of anilines is 1. The molecule has 5 heteroatoms. The highest BCUT2D eigenvalue weighted by Gasteiger charge is 2.39. The SMILES string of the molecule is CCN(C[C@@H]1CCOC1)C(=O)c1ccc(NC(=O)[C@@H]2C[C@@H]2C)cc1. The fourth-order valence-corrected chi connectivity index (χ4v) is 3.20. The third-order valence-corrected chi connectivity index (χ3v) is 5.02. The Balaban J connectivity index is 1.58. The van der Waals surface area contributed by atoms with Crippen LogP contribution < -0.4 is 5.32 Å². The van der Waals surface area contributed by atoms with Gasteiger partial charge in [-0.05, 0) is 49.9 Å². The highest BCUT2D eigenvalue weighted by Crippen LogP contribution is 2.38. The van der Waals surface area contributed by atoms with E-state index in [1.807, 2.05) is 24.0 Å². The van der Waals surface area contributed by atoms with Gasteiger partial charge in [0.1, 0.15) is 0 Å². The van der Waals surface area contributed by atoms with E-state index in [-0.39, 0.29) is 17.7 Å². The van der Waals surface area contributed by atoms with Gasteiger partial charge in [-0.15, -0.1) is 0 Å². The van der Waals surface area contributed by atoms with Crippen molar-refractivity contribution in [3.8, 4) is 0 Å². The standard InChI is InChI=1S/C19H26N2O3/c1-3-21(11-14-8-9-24-12-14)19(23)15-4-6-16(7-5-15)20-18(22)17-10-13(17)2/h4-7,13-14,17H,3,8-12H2,1-2H3,(H,20,22)/t13-,14-,17+/m0/s1. The van der Waals surface area contributed by atoms with Gasteiger partial charge < -0.3 is 15.0 Å². The minimum atomic E-state index is 0.0399. The topological polar surface area (TPSA) is 58.6 Å². The van der Waals surface area contributed by atoms with Gasteiger partial charge in [0.15, 0.2) is 0 Å². The van der Waals surface area contributed by atoms with Crippen LogP contribution in [0.4, 0.5) is 5.69 Å². The Kier molecular flexibility index (Phi) is 5.19. The lowest BCUT2D eigenvalue weighted by atomic mass is 10.1. The van der Waals surface area contributed by atoms with E-state index in [1.54, 1.807) is 12.1 Å². The highest BCUT2D eigenvalue weighted by molar-refractivity contribution is 5.97. The number of benzene rings is 1. The van der Waals surface area contributed by atoms with E-state index in [0.29, 0.717) is 23.9 Å². The maximum Gasteiger partial charge on any atom is 0.253 e. The van der Waals surface area contributed by atoms with Crippen molar-refractivity contribution >= 4 is 17.5 Å². The Morgan fingerprint density at radius 2 is 2.00 bits per heavy atom. The monoisotopic (exact) mass is 330 g/mol. The van der Waals surface area contributed by atoms with Gasteiger partial charge in [-0.25, -0.2) is 0 Å². The molecule has 0 unspecified atom stereocenters. The van der Waals surface area contributed by atoms with E-state index in [0.717, 1.165) is 38.3 Å². The van der Waals surface area contributed by atoms with Crippen molar-refractivity contribution in [1.82, 2.24) is 4.90 Å². The van der Waals surface area contributed by atoms with Crippen LogP contribution >= 0.6 is 0 Å². The molecule has 1 aromatic carbocycles. The van der Waals surface area contributed by atoms with E-state index < -0.39 is 0 Å². The van der Waals surface area contributed by atoms with Crippen LogP contribution in [0.3, 0.4) is 0 Å². The second-order valence-corrected chi connectivity index (χ2v) is 6.96. The number of ether oxygens (including phenoxy) is 1. The molecule has 1 aliphatic carbocycles. The molecule has 2 fully saturated rings. The van der Waals surface area contributed by atoms with Gasteiger partial charge in [0.05, 0.1) is 6.61 Å². The zero-order chi connectivity index (χ0) is 17.1. The summed E-state index contributed by atoms with van der Waals surface area (Å²) in [6, 6.07) is 7.21. The third kappa shape index (κ3) is 3.96. The van der Waals surface area contributed by atoms with Gasteiger partial charge in [0.25, 0.3) is 5.91 Å². The van der Waals surface area contributed by atoms with Crippen molar-refractivity contribution in [2.45, 2.75) is 26.7 Å². The summed E-state index contributed by atoms with van der Waals surface area (Å²) in [5.74, 6) is 1.20. The number of hydrogen-bond donors (Lipinski definition) is 1. The molecular formula is C19H26N2O3. The van der Waals surface area contributed by atoms with Gasteiger partial charge in [0.2, 0.25) is 5.91 Å². The van der Waals surface area contributed by atoms with Crippen LogP contribution in [0.2, 0.25) is 0 Å². The third-order valence-electron chi connectivity index (χ3n) is 5.02. The second-order valence-electron chi connectivity index (χ2n) is 6.96. The minimum Gasteiger partial charge on any atom is -0.381 e. The first-order valence-corrected chi connectivity index (χ1v) is 8.86. The Labute approximate surface area is 143 Å². The molecular weight excluding hydrogens is 304 g/mol. The summed E-state index contributed by atoms with van der Waals surface area (Å²) >= 11 is 0. The molecule has 3 atom stereocenters. The first kappa shape index (κ1) is 17.0. The van der Waals surface area contributed by atoms with E-state index >= 15 is 0 Å². The lowest BCUT2D eigenvalue weighted by Gasteiger charge is -2.24. The van der Waals surface area contributed by atoms with E-state index in [9.17, 15) is 9.59 Å². The number of rotatable bonds is 6. The molecule has 3 rings (SSSR count). The van der Waals surface area contributed by atoms with Crippen molar-refractivity contribution < 1.29 is 14.3 Å². The number of carbonyl (C=O) groups is 2. The van der Waals surface area contributed by atoms with Crippen molar-refractivity contribution in [3.05, 3.63) is 29.8 Å². The Morgan fingerprint density at radius 1 is 1.29 bits per heavy atom. The molecule has 1 N–H and O–H groups in total. The molecule has 0 spiro atoms. The summed E-state index contributed by atoms with van der Waals surface area (Å²) in [6.07, 6.45) is 1.99. The van der Waals surface area contributed by atoms with Crippen LogP contribution in [0.1, 0.15) is 37.0 Å². The molecule has 2 amide bonds. The molecule has 1 saturated carbocycles. The molecule has 2 aliphatic rings. The molecule has 1 aromatic rings. The lowest BCUT2D eigenvalue weighted by molar-refractivity contribution is -0.117. The smallest absolute Gasteiger partial charge is 0.253 e. The quantitative estimate of drug-likeness (QED) is 0.872. The Morgan fingerprint density at radius 3 is 2.54 bits per heavy atom. The average Bonchev–Trinajstić information content (AvgIpc) is 3.10. The molecule has 0 bridgehead atoms. The predicted molar refractivity (Wildman–Crippen MR) is 92.8 cm³/mol. The summed E-state index contributed by atoms with van der Waals surface area (Å²) in [5, 5.41) is 2.92. The lowest BCUT2D eigenvalue weighted by Crippen LogP contribution is -2.35. The zero-order valence-corrected chi connectivity index (χ0v) is 14.5. The van der Waals surface area contributed by atoms with Crippen LogP contribution in [0.25, 0.3) is 0 Å². The normalized spacial score (nSPS) is 25.3. The first-order chi connectivity index (χ1) is 11.6. The molecule has 130 valence electrons. The molecule has 1 aliphatic heterocycles. The number of nitrogens with one attached hydrogen (secondary N) is 1. The fourth-order valence-electron chi connectivity index (χ4n) is 3.20. The number of nitrogens with zero attached hydrogens (tertiary/aromatic N) is 1. The van der Waals surface area contributed by atoms with Crippen molar-refractivity contribution in [2.75, 3.05) is 31.6 Å². The fraction of sp³-hybridized carbons (Fsp3) is 0.579. The molecule has 5 nitrogen and oxygen atoms in total. The number of carbonyl (C=O) groups excluding carboxylic acids is 2. The van der Waals surface area contributed by atoms with Crippen LogP contribution in [-0.2, 0) is 9.53 Å². The van der Waals surface area contributed by atoms with Crippen molar-refractivity contribution in [3.63, 3.8) is 0 Å². The summed E-state index contributed by atoms with van der Waals surface area (Å²) in [6.45, 7) is 7.05. The number of amides is 2. The average molecular weight is 330 g/mol. The van der Waals surface area contributed by atoms with E-state index in [2.05, 4.69) is 12.2 Å². The van der Waals surface area contributed by atoms with Crippen molar-refractivity contribution in [2.24, 2.45) is 17.8 Å². The van der Waals surface area contributed by atoms with Gasteiger partial charge in [-0.1, -0.05) is 6.92 Å². The maximum absolute atomic E-state index is 12.7. The van der Waals surface area contributed by atoms with E-state index in [4.69, 9.17) is 4.74 Å². The number of hydrogen-bond acceptors (Lipinski definition) is 3. The van der Waals surface area contributed by atoms with Gasteiger partial charge >= 0.3 is 0 Å². The Hall–Kier alpha value is -1.88. The molecule has 0 aromatic heterocycles. The predicted octanol–water partition coefficient (Wildman–Crippen LogP) is 2.78. The van der Waals surface area contributed by atoms with Crippen molar-refractivity contribution in [1.29, 1.82) is 0 Å². The van der Waals surface area contributed by atoms with Gasteiger partial charge in [0, 0.05) is 42.8 Å². The summed E-state index contributed by atoms with van der Waals surface area (Å²) in [4.78, 5) is 26.5. The molecule has 1 saturated heterocycles. The summed E-state index contributed by atoms with van der Waals surface area (Å²) < 4.78 is 5.39. The highest BCUT2D eigenvalue weighted by atomic mass is 16.5. The largest absolute Gasteiger partial charge is 0.381 e. The first-order valence-electron chi connectivity index (χ1n) is 8.86. The van der Waals surface area contributed by atoms with Crippen LogP contribution in [-0.4, -0.2) is 43.0 Å². The van der Waals surface area contributed by atoms with Gasteiger partial charge in [-0.3, -0.25) is 9.59 Å². The maximum atomic E-state index is 12.7. The zero-order valence-electron chi connectivity index (χ0n) is 14.5. The second kappa shape index (κ2) is 7.34. The van der Waals surface area contributed by atoms with Gasteiger partial charge in [-0.2, -0.15) is 0 Å². The molecule has 0 radical (unpaired) electrons. The van der Waals surface area contributed by atoms with Crippen LogP contribution in [0.5, 0.6) is 0 Å². The summed E-state index contributed by atoms with van der Waals surface area (Å²) in [5.41, 5.74) is 1.41. The molecule has 24 heavy (non-hydrogen) atoms. The van der Waals surface area contributed by atoms with Crippen LogP contribution in [0.15, 0.2) is 24.3 Å². The Bertz CT molecular complexity index is 593. The molecule has 1 heterocycles.